The Morgan fingerprint density at radius 2 is 2.00 bits per heavy atom. The fourth-order valence-corrected chi connectivity index (χ4v) is 3.13. The molecule has 0 spiro atoms. The van der Waals surface area contributed by atoms with E-state index in [2.05, 4.69) is 0 Å². The van der Waals surface area contributed by atoms with E-state index in [0.717, 1.165) is 11.1 Å². The van der Waals surface area contributed by atoms with E-state index in [4.69, 9.17) is 0 Å². The molecule has 1 aliphatic rings. The Balaban J connectivity index is 2.55. The van der Waals surface area contributed by atoms with Crippen LogP contribution in [-0.4, -0.2) is 19.3 Å². The first-order chi connectivity index (χ1) is 6.08. The molecule has 0 saturated carbocycles. The van der Waals surface area contributed by atoms with Crippen LogP contribution in [0.3, 0.4) is 0 Å². The zero-order valence-corrected chi connectivity index (χ0v) is 7.79. The van der Waals surface area contributed by atoms with Crippen molar-refractivity contribution in [3.63, 3.8) is 0 Å². The summed E-state index contributed by atoms with van der Waals surface area (Å²) >= 11 is 0. The number of hydrogen-bond donors (Lipinski definition) is 1. The summed E-state index contributed by atoms with van der Waals surface area (Å²) in [5.74, 6) is -0.0930. The van der Waals surface area contributed by atoms with Gasteiger partial charge >= 0.3 is 0 Å². The first-order valence-corrected chi connectivity index (χ1v) is 5.87. The van der Waals surface area contributed by atoms with E-state index in [1.165, 1.54) is 0 Å². The lowest BCUT2D eigenvalue weighted by Crippen LogP contribution is -2.23. The molecule has 0 unspecified atom stereocenters. The van der Waals surface area contributed by atoms with Gasteiger partial charge in [0.1, 0.15) is 0 Å². The number of sulfone groups is 1. The topological polar surface area (TPSA) is 54.4 Å². The Morgan fingerprint density at radius 1 is 1.31 bits per heavy atom. The summed E-state index contributed by atoms with van der Waals surface area (Å²) in [5, 5.41) is 9.52. The molecule has 4 heteroatoms. The van der Waals surface area contributed by atoms with Crippen LogP contribution in [0.5, 0.6) is 0 Å². The highest BCUT2D eigenvalue weighted by molar-refractivity contribution is 7.90. The second kappa shape index (κ2) is 2.82. The van der Waals surface area contributed by atoms with Crippen molar-refractivity contribution in [1.82, 2.24) is 0 Å². The van der Waals surface area contributed by atoms with Gasteiger partial charge in [-0.2, -0.15) is 0 Å². The van der Waals surface area contributed by atoms with Crippen LogP contribution in [0.25, 0.3) is 0 Å². The zero-order valence-electron chi connectivity index (χ0n) is 6.97. The summed E-state index contributed by atoms with van der Waals surface area (Å²) in [6.07, 6.45) is -0.852. The molecule has 0 fully saturated rings. The predicted molar refractivity (Wildman–Crippen MR) is 48.9 cm³/mol. The molecular formula is C9H10O3S. The van der Waals surface area contributed by atoms with Gasteiger partial charge in [-0.25, -0.2) is 8.42 Å². The van der Waals surface area contributed by atoms with Crippen molar-refractivity contribution in [2.75, 3.05) is 5.75 Å². The van der Waals surface area contributed by atoms with Crippen LogP contribution in [0.15, 0.2) is 24.3 Å². The first-order valence-electron chi connectivity index (χ1n) is 4.05. The van der Waals surface area contributed by atoms with E-state index >= 15 is 0 Å². The molecule has 0 bridgehead atoms. The molecule has 1 heterocycles. The molecule has 1 aromatic carbocycles. The van der Waals surface area contributed by atoms with E-state index in [1.807, 2.05) is 0 Å². The number of fused-ring (bicyclic) bond motifs is 1. The summed E-state index contributed by atoms with van der Waals surface area (Å²) in [7, 11) is -3.10. The predicted octanol–water partition coefficient (Wildman–Crippen LogP) is 0.648. The molecular weight excluding hydrogens is 188 g/mol. The average molecular weight is 198 g/mol. The van der Waals surface area contributed by atoms with Crippen LogP contribution in [-0.2, 0) is 15.6 Å². The molecule has 0 aliphatic carbocycles. The molecule has 0 aromatic heterocycles. The van der Waals surface area contributed by atoms with E-state index < -0.39 is 15.9 Å². The van der Waals surface area contributed by atoms with Crippen molar-refractivity contribution in [2.24, 2.45) is 0 Å². The van der Waals surface area contributed by atoms with Crippen LogP contribution < -0.4 is 0 Å². The van der Waals surface area contributed by atoms with Crippen molar-refractivity contribution < 1.29 is 13.5 Å². The van der Waals surface area contributed by atoms with Gasteiger partial charge in [-0.1, -0.05) is 24.3 Å². The van der Waals surface area contributed by atoms with Crippen LogP contribution >= 0.6 is 0 Å². The Labute approximate surface area is 76.9 Å². The van der Waals surface area contributed by atoms with Gasteiger partial charge in [0, 0.05) is 0 Å². The van der Waals surface area contributed by atoms with Crippen molar-refractivity contribution in [1.29, 1.82) is 0 Å². The molecule has 1 aromatic rings. The molecule has 3 nitrogen and oxygen atoms in total. The number of aliphatic hydroxyl groups excluding tert-OH is 1. The molecule has 1 aliphatic heterocycles. The maximum atomic E-state index is 11.3. The summed E-state index contributed by atoms with van der Waals surface area (Å²) in [5.41, 5.74) is 1.47. The summed E-state index contributed by atoms with van der Waals surface area (Å²) in [4.78, 5) is 0. The van der Waals surface area contributed by atoms with Crippen molar-refractivity contribution in [2.45, 2.75) is 11.9 Å². The quantitative estimate of drug-likeness (QED) is 0.666. The smallest absolute Gasteiger partial charge is 0.157 e. The third kappa shape index (κ3) is 1.59. The lowest BCUT2D eigenvalue weighted by molar-refractivity contribution is 0.198. The van der Waals surface area contributed by atoms with Gasteiger partial charge in [-0.3, -0.25) is 0 Å². The van der Waals surface area contributed by atoms with Crippen molar-refractivity contribution >= 4 is 9.84 Å². The maximum absolute atomic E-state index is 11.3. The highest BCUT2D eigenvalue weighted by Crippen LogP contribution is 2.27. The van der Waals surface area contributed by atoms with Gasteiger partial charge < -0.3 is 5.11 Å². The monoisotopic (exact) mass is 198 g/mol. The van der Waals surface area contributed by atoms with E-state index in [9.17, 15) is 13.5 Å². The highest BCUT2D eigenvalue weighted by Gasteiger charge is 2.27. The zero-order chi connectivity index (χ0) is 9.47. The standard InChI is InChI=1S/C9H10O3S/c10-9-6-13(11,12)5-7-3-1-2-4-8(7)9/h1-4,9-10H,5-6H2/t9-/m1/s1. The Bertz CT molecular complexity index is 422. The third-order valence-corrected chi connectivity index (χ3v) is 3.78. The molecule has 13 heavy (non-hydrogen) atoms. The Morgan fingerprint density at radius 3 is 2.77 bits per heavy atom. The molecule has 0 radical (unpaired) electrons. The number of hydrogen-bond acceptors (Lipinski definition) is 3. The molecule has 0 amide bonds. The van der Waals surface area contributed by atoms with E-state index in [0.29, 0.717) is 0 Å². The molecule has 2 rings (SSSR count). The Hall–Kier alpha value is -0.870. The summed E-state index contributed by atoms with van der Waals surface area (Å²) < 4.78 is 22.5. The second-order valence-electron chi connectivity index (χ2n) is 3.27. The van der Waals surface area contributed by atoms with E-state index in [-0.39, 0.29) is 11.5 Å². The normalized spacial score (nSPS) is 25.2. The fourth-order valence-electron chi connectivity index (χ4n) is 1.62. The third-order valence-electron chi connectivity index (χ3n) is 2.20. The van der Waals surface area contributed by atoms with Gasteiger partial charge in [0.05, 0.1) is 17.6 Å². The van der Waals surface area contributed by atoms with Gasteiger partial charge in [-0.15, -0.1) is 0 Å². The lowest BCUT2D eigenvalue weighted by atomic mass is 10.0. The molecule has 70 valence electrons. The average Bonchev–Trinajstić information content (AvgIpc) is 2.02. The number of rotatable bonds is 0. The van der Waals surface area contributed by atoms with Gasteiger partial charge in [0.25, 0.3) is 0 Å². The maximum Gasteiger partial charge on any atom is 0.157 e. The second-order valence-corrected chi connectivity index (χ2v) is 5.38. The largest absolute Gasteiger partial charge is 0.387 e. The van der Waals surface area contributed by atoms with Gasteiger partial charge in [0.2, 0.25) is 0 Å². The summed E-state index contributed by atoms with van der Waals surface area (Å²) in [6, 6.07) is 7.11. The highest BCUT2D eigenvalue weighted by atomic mass is 32.2. The van der Waals surface area contributed by atoms with Crippen LogP contribution in [0, 0.1) is 0 Å². The van der Waals surface area contributed by atoms with Crippen LogP contribution in [0.1, 0.15) is 17.2 Å². The first kappa shape index (κ1) is 8.72. The number of benzene rings is 1. The van der Waals surface area contributed by atoms with Gasteiger partial charge in [0.15, 0.2) is 9.84 Å². The summed E-state index contributed by atoms with van der Waals surface area (Å²) in [6.45, 7) is 0. The molecule has 1 N–H and O–H groups in total. The van der Waals surface area contributed by atoms with Crippen molar-refractivity contribution in [3.05, 3.63) is 35.4 Å². The number of aliphatic hydroxyl groups is 1. The fraction of sp³-hybridized carbons (Fsp3) is 0.333. The molecule has 0 saturated heterocycles. The minimum Gasteiger partial charge on any atom is -0.387 e. The van der Waals surface area contributed by atoms with Crippen LogP contribution in [0.4, 0.5) is 0 Å². The Kier molecular flexibility index (Phi) is 1.89. The minimum absolute atomic E-state index is 0.0558. The van der Waals surface area contributed by atoms with Crippen molar-refractivity contribution in [3.8, 4) is 0 Å². The SMILES string of the molecule is O=S1(=O)Cc2ccccc2[C@H](O)C1. The lowest BCUT2D eigenvalue weighted by Gasteiger charge is -2.20. The molecule has 1 atom stereocenters. The van der Waals surface area contributed by atoms with Crippen LogP contribution in [0.2, 0.25) is 0 Å². The minimum atomic E-state index is -3.10. The van der Waals surface area contributed by atoms with Gasteiger partial charge in [-0.05, 0) is 11.1 Å². The van der Waals surface area contributed by atoms with E-state index in [1.54, 1.807) is 24.3 Å².